The molecule has 1 N–H and O–H groups in total. The summed E-state index contributed by atoms with van der Waals surface area (Å²) in [6.07, 6.45) is 4.54. The van der Waals surface area contributed by atoms with Crippen molar-refractivity contribution in [3.05, 3.63) is 129 Å². The van der Waals surface area contributed by atoms with Gasteiger partial charge in [0.15, 0.2) is 11.5 Å². The van der Waals surface area contributed by atoms with Crippen molar-refractivity contribution in [2.45, 2.75) is 64.5 Å². The van der Waals surface area contributed by atoms with Crippen LogP contribution in [0.4, 0.5) is 0 Å². The number of methoxy groups -OCH3 is 1. The molecule has 56 heavy (non-hydrogen) atoms. The molecule has 7 nitrogen and oxygen atoms in total. The highest BCUT2D eigenvalue weighted by Gasteiger charge is 2.57. The first-order chi connectivity index (χ1) is 27.0. The Kier molecular flexibility index (Phi) is 12.1. The number of rotatable bonds is 13. The summed E-state index contributed by atoms with van der Waals surface area (Å²) in [6.45, 7) is 10.1. The molecule has 7 rings (SSSR count). The number of carbonyl (C=O) groups is 2. The van der Waals surface area contributed by atoms with E-state index in [0.29, 0.717) is 48.3 Å². The largest absolute Gasteiger partial charge is 0.504 e. The van der Waals surface area contributed by atoms with Gasteiger partial charge in [-0.05, 0) is 104 Å². The minimum absolute atomic E-state index is 0.0543. The van der Waals surface area contributed by atoms with E-state index in [-0.39, 0.29) is 34.6 Å². The van der Waals surface area contributed by atoms with Crippen LogP contribution in [0, 0.1) is 21.3 Å². The fourth-order valence-electron chi connectivity index (χ4n) is 9.34. The van der Waals surface area contributed by atoms with Crippen LogP contribution in [0.3, 0.4) is 0 Å². The predicted molar refractivity (Wildman–Crippen MR) is 233 cm³/mol. The molecule has 2 heterocycles. The van der Waals surface area contributed by atoms with Gasteiger partial charge in [-0.15, -0.1) is 0 Å². The monoisotopic (exact) mass is 881 g/mol. The van der Waals surface area contributed by atoms with Crippen LogP contribution in [0.1, 0.15) is 64.5 Å². The average molecular weight is 882 g/mol. The van der Waals surface area contributed by atoms with E-state index in [1.807, 2.05) is 37.3 Å². The highest BCUT2D eigenvalue weighted by molar-refractivity contribution is 14.1. The molecule has 1 aliphatic carbocycles. The Balaban J connectivity index is 1.29. The molecule has 2 saturated heterocycles. The summed E-state index contributed by atoms with van der Waals surface area (Å²) in [7, 11) is -1.34. The molecule has 2 fully saturated rings. The number of hydrogen-bond donors (Lipinski definition) is 1. The number of ether oxygens (including phenoxy) is 2. The number of hydrogen-bond acceptors (Lipinski definition) is 6. The van der Waals surface area contributed by atoms with Crippen LogP contribution >= 0.6 is 22.6 Å². The van der Waals surface area contributed by atoms with Crippen LogP contribution in [0.25, 0.3) is 11.6 Å². The second-order valence-corrected chi connectivity index (χ2v) is 21.7. The first-order valence-corrected chi connectivity index (χ1v) is 22.7. The van der Waals surface area contributed by atoms with Gasteiger partial charge in [0.1, 0.15) is 0 Å². The van der Waals surface area contributed by atoms with Crippen LogP contribution in [0.15, 0.2) is 114 Å². The van der Waals surface area contributed by atoms with Gasteiger partial charge in [-0.2, -0.15) is 0 Å². The summed E-state index contributed by atoms with van der Waals surface area (Å²) in [5, 5.41) is 12.7. The average Bonchev–Trinajstić information content (AvgIpc) is 3.73. The van der Waals surface area contributed by atoms with Crippen LogP contribution < -0.4 is 15.1 Å². The van der Waals surface area contributed by atoms with E-state index in [9.17, 15) is 14.7 Å². The second-order valence-electron chi connectivity index (χ2n) is 16.2. The zero-order valence-electron chi connectivity index (χ0n) is 33.0. The van der Waals surface area contributed by atoms with Crippen LogP contribution in [0.5, 0.6) is 11.5 Å². The molecule has 4 aromatic rings. The molecule has 0 unspecified atom stereocenters. The number of phenols is 1. The van der Waals surface area contributed by atoms with Crippen molar-refractivity contribution in [1.29, 1.82) is 0 Å². The van der Waals surface area contributed by atoms with E-state index in [1.165, 1.54) is 15.3 Å². The second kappa shape index (κ2) is 16.8. The summed E-state index contributed by atoms with van der Waals surface area (Å²) >= 11 is 2.13. The zero-order valence-corrected chi connectivity index (χ0v) is 36.1. The molecule has 0 bridgehead atoms. The lowest BCUT2D eigenvalue weighted by molar-refractivity contribution is -0.140. The predicted octanol–water partition coefficient (Wildman–Crippen LogP) is 8.63. The van der Waals surface area contributed by atoms with Gasteiger partial charge >= 0.3 is 0 Å². The van der Waals surface area contributed by atoms with E-state index >= 15 is 0 Å². The van der Waals surface area contributed by atoms with Gasteiger partial charge in [0.25, 0.3) is 8.32 Å². The highest BCUT2D eigenvalue weighted by atomic mass is 127. The third-order valence-electron chi connectivity index (χ3n) is 11.9. The molecule has 2 amide bonds. The third-order valence-corrected chi connectivity index (χ3v) is 17.7. The van der Waals surface area contributed by atoms with Gasteiger partial charge in [0, 0.05) is 12.5 Å². The van der Waals surface area contributed by atoms with Crippen molar-refractivity contribution in [1.82, 2.24) is 4.90 Å². The lowest BCUT2D eigenvalue weighted by Crippen LogP contribution is -2.66. The summed E-state index contributed by atoms with van der Waals surface area (Å²) in [6, 6.07) is 35.4. The maximum Gasteiger partial charge on any atom is 0.261 e. The number of likely N-dealkylation sites (tertiary alicyclic amines) is 1. The summed E-state index contributed by atoms with van der Waals surface area (Å²) in [5.74, 6) is -0.553. The van der Waals surface area contributed by atoms with Crippen molar-refractivity contribution < 1.29 is 28.6 Å². The molecule has 4 aromatic carbocycles. The lowest BCUT2D eigenvalue weighted by atomic mass is 9.69. The highest BCUT2D eigenvalue weighted by Crippen LogP contribution is 2.51. The van der Waals surface area contributed by atoms with Crippen molar-refractivity contribution in [3.63, 3.8) is 0 Å². The minimum atomic E-state index is -2.91. The number of benzene rings is 4. The SMILES string of the molecule is CCCN1C(=O)[C@@H]2[C@@H](CC(CO[Si](c3ccccc3)(c3ccccc3)C(C)(C)C)=C3[C@@H](CC/C(=C/c4cc(I)c(O)c(OC)c4)c4ccccc4)OC[C@@H]32)C1=O. The van der Waals surface area contributed by atoms with E-state index in [4.69, 9.17) is 13.9 Å². The number of carbonyl (C=O) groups excluding carboxylic acids is 2. The van der Waals surface area contributed by atoms with Gasteiger partial charge in [-0.1, -0.05) is 125 Å². The normalized spacial score (nSPS) is 21.4. The minimum Gasteiger partial charge on any atom is -0.504 e. The molecule has 0 spiro atoms. The quantitative estimate of drug-likeness (QED) is 0.0476. The van der Waals surface area contributed by atoms with Crippen molar-refractivity contribution in [2.75, 3.05) is 26.9 Å². The van der Waals surface area contributed by atoms with Crippen LogP contribution in [-0.4, -0.2) is 63.1 Å². The molecule has 0 saturated carbocycles. The summed E-state index contributed by atoms with van der Waals surface area (Å²) < 4.78 is 20.5. The Morgan fingerprint density at radius 2 is 1.55 bits per heavy atom. The number of imide groups is 1. The number of halogens is 1. The van der Waals surface area contributed by atoms with Crippen molar-refractivity contribution >= 4 is 64.7 Å². The van der Waals surface area contributed by atoms with Crippen LogP contribution in [0.2, 0.25) is 5.04 Å². The Hall–Kier alpha value is -4.03. The zero-order chi connectivity index (χ0) is 39.6. The van der Waals surface area contributed by atoms with Gasteiger partial charge in [-0.25, -0.2) is 0 Å². The molecule has 292 valence electrons. The Labute approximate surface area is 346 Å². The third kappa shape index (κ3) is 7.55. The van der Waals surface area contributed by atoms with E-state index in [2.05, 4.69) is 122 Å². The van der Waals surface area contributed by atoms with Crippen molar-refractivity contribution in [2.24, 2.45) is 17.8 Å². The smallest absolute Gasteiger partial charge is 0.261 e. The summed E-state index contributed by atoms with van der Waals surface area (Å²) in [4.78, 5) is 29.5. The Morgan fingerprint density at radius 3 is 2.14 bits per heavy atom. The fraction of sp³-hybridized carbons (Fsp3) is 0.362. The number of aromatic hydroxyl groups is 1. The lowest BCUT2D eigenvalue weighted by Gasteiger charge is -2.44. The molecule has 0 aromatic heterocycles. The number of amides is 2. The molecule has 4 atom stereocenters. The molecule has 3 aliphatic rings. The maximum absolute atomic E-state index is 14.0. The maximum atomic E-state index is 14.0. The first kappa shape index (κ1) is 40.2. The van der Waals surface area contributed by atoms with E-state index in [0.717, 1.165) is 34.3 Å². The number of allylic oxidation sites excluding steroid dienone is 1. The Bertz CT molecular complexity index is 2070. The van der Waals surface area contributed by atoms with Crippen molar-refractivity contribution in [3.8, 4) is 11.5 Å². The number of nitrogens with zero attached hydrogens (tertiary/aromatic N) is 1. The van der Waals surface area contributed by atoms with E-state index < -0.39 is 20.2 Å². The Morgan fingerprint density at radius 1 is 0.929 bits per heavy atom. The van der Waals surface area contributed by atoms with Crippen LogP contribution in [-0.2, 0) is 18.8 Å². The summed E-state index contributed by atoms with van der Waals surface area (Å²) in [5.41, 5.74) is 5.41. The molecule has 9 heteroatoms. The van der Waals surface area contributed by atoms with Gasteiger partial charge < -0.3 is 19.0 Å². The molecule has 2 aliphatic heterocycles. The standard InChI is InChI=1S/C47H52INO6Si/c1-6-24-49-45(51)37-28-34(29-55-56(47(2,3)4,35-18-12-8-13-19-35)36-20-14-9-15-21-36)42-38(43(37)46(49)52)30-54-40(42)23-22-33(32-16-10-7-11-17-32)25-31-26-39(48)44(50)41(27-31)53-5/h7-21,25-27,37-38,40,43,50H,6,22-24,28-30H2,1-5H3/b33-25-/t37-,38+,40-,43-/m1/s1. The molecule has 0 radical (unpaired) electrons. The first-order valence-electron chi connectivity index (χ1n) is 19.7. The van der Waals surface area contributed by atoms with Gasteiger partial charge in [0.2, 0.25) is 11.8 Å². The fourth-order valence-corrected chi connectivity index (χ4v) is 14.5. The molecular formula is C47H52INO6Si. The number of fused-ring (bicyclic) bond motifs is 3. The van der Waals surface area contributed by atoms with Gasteiger partial charge in [-0.3, -0.25) is 14.5 Å². The topological polar surface area (TPSA) is 85.3 Å². The van der Waals surface area contributed by atoms with E-state index in [1.54, 1.807) is 7.11 Å². The van der Waals surface area contributed by atoms with Gasteiger partial charge in [0.05, 0.1) is 41.8 Å². The molecular weight excluding hydrogens is 830 g/mol. The number of phenolic OH excluding ortho intramolecular Hbond substituents is 1.